The summed E-state index contributed by atoms with van der Waals surface area (Å²) in [5, 5.41) is 1.12. The highest BCUT2D eigenvalue weighted by molar-refractivity contribution is 5.80. The molecule has 0 fully saturated rings. The third-order valence-electron chi connectivity index (χ3n) is 2.97. The summed E-state index contributed by atoms with van der Waals surface area (Å²) in [6, 6.07) is 16.3. The highest BCUT2D eigenvalue weighted by Crippen LogP contribution is 2.21. The van der Waals surface area contributed by atoms with Crippen molar-refractivity contribution < 1.29 is 0 Å². The fourth-order valence-electron chi connectivity index (χ4n) is 2.14. The molecule has 2 heterocycles. The zero-order valence-corrected chi connectivity index (χ0v) is 10.8. The molecular weight excluding hydrogens is 232 g/mol. The average Bonchev–Trinajstić information content (AvgIpc) is 2.84. The number of hydrogen-bond donors (Lipinski definition) is 0. The monoisotopic (exact) mass is 246 g/mol. The van der Waals surface area contributed by atoms with E-state index in [-0.39, 0.29) is 0 Å². The molecule has 92 valence electrons. The van der Waals surface area contributed by atoms with Crippen LogP contribution in [0.1, 0.15) is 19.0 Å². The normalized spacial score (nSPS) is 10.2. The maximum Gasteiger partial charge on any atom is 0.145 e. The van der Waals surface area contributed by atoms with Gasteiger partial charge in [-0.3, -0.25) is 4.57 Å². The van der Waals surface area contributed by atoms with Crippen molar-refractivity contribution in [1.82, 2.24) is 9.55 Å². The Labute approximate surface area is 112 Å². The summed E-state index contributed by atoms with van der Waals surface area (Å²) in [7, 11) is 0. The number of aromatic nitrogens is 2. The van der Waals surface area contributed by atoms with Crippen molar-refractivity contribution in [3.05, 3.63) is 60.4 Å². The van der Waals surface area contributed by atoms with Crippen LogP contribution in [0.4, 0.5) is 0 Å². The van der Waals surface area contributed by atoms with Crippen LogP contribution in [0.2, 0.25) is 0 Å². The molecule has 2 heteroatoms. The van der Waals surface area contributed by atoms with Crippen LogP contribution in [0.5, 0.6) is 0 Å². The second-order valence-corrected chi connectivity index (χ2v) is 4.27. The minimum absolute atomic E-state index is 0.851. The Morgan fingerprint density at radius 2 is 1.95 bits per heavy atom. The van der Waals surface area contributed by atoms with Gasteiger partial charge in [-0.2, -0.15) is 0 Å². The van der Waals surface area contributed by atoms with Gasteiger partial charge in [0.05, 0.1) is 5.69 Å². The molecule has 0 atom stereocenters. The summed E-state index contributed by atoms with van der Waals surface area (Å²) in [5.74, 6) is 6.36. The van der Waals surface area contributed by atoms with Crippen LogP contribution in [-0.2, 0) is 0 Å². The predicted molar refractivity (Wildman–Crippen MR) is 78.2 cm³/mol. The van der Waals surface area contributed by atoms with Gasteiger partial charge in [-0.05, 0) is 36.3 Å². The minimum Gasteiger partial charge on any atom is -0.287 e. The SMILES string of the molecule is CCC#Cc1cc2cccnc2n1-c1ccccc1. The Kier molecular flexibility index (Phi) is 3.04. The summed E-state index contributed by atoms with van der Waals surface area (Å²) in [6.45, 7) is 2.06. The van der Waals surface area contributed by atoms with E-state index in [1.165, 1.54) is 0 Å². The van der Waals surface area contributed by atoms with E-state index in [4.69, 9.17) is 0 Å². The van der Waals surface area contributed by atoms with Crippen LogP contribution in [0.15, 0.2) is 54.7 Å². The van der Waals surface area contributed by atoms with E-state index in [0.717, 1.165) is 28.8 Å². The Balaban J connectivity index is 2.31. The lowest BCUT2D eigenvalue weighted by Gasteiger charge is -2.06. The molecule has 2 aromatic heterocycles. The number of pyridine rings is 1. The van der Waals surface area contributed by atoms with Crippen LogP contribution in [-0.4, -0.2) is 9.55 Å². The van der Waals surface area contributed by atoms with Crippen LogP contribution in [0.25, 0.3) is 16.7 Å². The molecular formula is C17H14N2. The van der Waals surface area contributed by atoms with Crippen LogP contribution >= 0.6 is 0 Å². The average molecular weight is 246 g/mol. The molecule has 2 nitrogen and oxygen atoms in total. The number of nitrogens with zero attached hydrogens (tertiary/aromatic N) is 2. The van der Waals surface area contributed by atoms with Crippen molar-refractivity contribution in [3.63, 3.8) is 0 Å². The first-order chi connectivity index (χ1) is 9.40. The first-order valence-corrected chi connectivity index (χ1v) is 6.41. The van der Waals surface area contributed by atoms with Crippen LogP contribution in [0.3, 0.4) is 0 Å². The maximum atomic E-state index is 4.48. The number of rotatable bonds is 1. The van der Waals surface area contributed by atoms with E-state index in [9.17, 15) is 0 Å². The molecule has 3 aromatic rings. The molecule has 0 amide bonds. The lowest BCUT2D eigenvalue weighted by molar-refractivity contribution is 1.07. The standard InChI is InChI=1S/C17H14N2/c1-2-3-9-16-13-14-8-7-12-18-17(14)19(16)15-10-5-4-6-11-15/h4-8,10-13H,2H2,1H3. The Hall–Kier alpha value is -2.53. The van der Waals surface area contributed by atoms with Crippen molar-refractivity contribution in [2.24, 2.45) is 0 Å². The number of hydrogen-bond acceptors (Lipinski definition) is 1. The zero-order valence-electron chi connectivity index (χ0n) is 10.8. The predicted octanol–water partition coefficient (Wildman–Crippen LogP) is 3.79. The number of fused-ring (bicyclic) bond motifs is 1. The van der Waals surface area contributed by atoms with Gasteiger partial charge in [-0.15, -0.1) is 0 Å². The summed E-state index contributed by atoms with van der Waals surface area (Å²) < 4.78 is 2.11. The second kappa shape index (κ2) is 4.99. The molecule has 0 aliphatic carbocycles. The van der Waals surface area contributed by atoms with Gasteiger partial charge in [0.15, 0.2) is 0 Å². The Morgan fingerprint density at radius 3 is 2.74 bits per heavy atom. The molecule has 0 radical (unpaired) electrons. The van der Waals surface area contributed by atoms with Gasteiger partial charge >= 0.3 is 0 Å². The molecule has 0 spiro atoms. The molecule has 0 saturated heterocycles. The first-order valence-electron chi connectivity index (χ1n) is 6.41. The molecule has 0 bridgehead atoms. The number of para-hydroxylation sites is 1. The third-order valence-corrected chi connectivity index (χ3v) is 2.97. The number of benzene rings is 1. The van der Waals surface area contributed by atoms with E-state index in [0.29, 0.717) is 0 Å². The van der Waals surface area contributed by atoms with Gasteiger partial charge < -0.3 is 0 Å². The van der Waals surface area contributed by atoms with Crippen molar-refractivity contribution >= 4 is 11.0 Å². The van der Waals surface area contributed by atoms with Crippen LogP contribution < -0.4 is 0 Å². The highest BCUT2D eigenvalue weighted by Gasteiger charge is 2.09. The lowest BCUT2D eigenvalue weighted by atomic mass is 10.3. The van der Waals surface area contributed by atoms with E-state index >= 15 is 0 Å². The summed E-state index contributed by atoms with van der Waals surface area (Å²) in [6.07, 6.45) is 2.67. The van der Waals surface area contributed by atoms with Crippen molar-refractivity contribution in [1.29, 1.82) is 0 Å². The largest absolute Gasteiger partial charge is 0.287 e. The van der Waals surface area contributed by atoms with Gasteiger partial charge in [-0.25, -0.2) is 4.98 Å². The fourth-order valence-corrected chi connectivity index (χ4v) is 2.14. The lowest BCUT2D eigenvalue weighted by Crippen LogP contribution is -1.97. The fraction of sp³-hybridized carbons (Fsp3) is 0.118. The van der Waals surface area contributed by atoms with E-state index in [2.05, 4.69) is 52.6 Å². The quantitative estimate of drug-likeness (QED) is 0.597. The zero-order chi connectivity index (χ0) is 13.1. The molecule has 0 unspecified atom stereocenters. The van der Waals surface area contributed by atoms with Crippen molar-refractivity contribution in [2.45, 2.75) is 13.3 Å². The highest BCUT2D eigenvalue weighted by atomic mass is 15.0. The van der Waals surface area contributed by atoms with Crippen LogP contribution in [0, 0.1) is 11.8 Å². The molecule has 0 aliphatic rings. The molecule has 0 aliphatic heterocycles. The molecule has 0 N–H and O–H groups in total. The van der Waals surface area contributed by atoms with E-state index in [1.807, 2.05) is 30.5 Å². The van der Waals surface area contributed by atoms with Gasteiger partial charge in [0.2, 0.25) is 0 Å². The summed E-state index contributed by atoms with van der Waals surface area (Å²) >= 11 is 0. The molecule has 19 heavy (non-hydrogen) atoms. The molecule has 3 rings (SSSR count). The van der Waals surface area contributed by atoms with Gasteiger partial charge in [-0.1, -0.05) is 31.0 Å². The topological polar surface area (TPSA) is 17.8 Å². The Bertz CT molecular complexity index is 758. The molecule has 1 aromatic carbocycles. The smallest absolute Gasteiger partial charge is 0.145 e. The maximum absolute atomic E-state index is 4.48. The Morgan fingerprint density at radius 1 is 1.11 bits per heavy atom. The van der Waals surface area contributed by atoms with Crippen molar-refractivity contribution in [3.8, 4) is 17.5 Å². The summed E-state index contributed by atoms with van der Waals surface area (Å²) in [4.78, 5) is 4.48. The third kappa shape index (κ3) is 2.11. The second-order valence-electron chi connectivity index (χ2n) is 4.27. The summed E-state index contributed by atoms with van der Waals surface area (Å²) in [5.41, 5.74) is 3.03. The van der Waals surface area contributed by atoms with Gasteiger partial charge in [0.25, 0.3) is 0 Å². The molecule has 0 saturated carbocycles. The van der Waals surface area contributed by atoms with E-state index in [1.54, 1.807) is 0 Å². The van der Waals surface area contributed by atoms with Crippen molar-refractivity contribution in [2.75, 3.05) is 0 Å². The van der Waals surface area contributed by atoms with E-state index < -0.39 is 0 Å². The minimum atomic E-state index is 0.851. The first kappa shape index (κ1) is 11.6. The van der Waals surface area contributed by atoms with Gasteiger partial charge in [0.1, 0.15) is 5.65 Å². The van der Waals surface area contributed by atoms with Gasteiger partial charge in [0, 0.05) is 23.7 Å².